The molecular weight excluding hydrogens is 370 g/mol. The van der Waals surface area contributed by atoms with E-state index in [1.807, 2.05) is 34.9 Å². The lowest BCUT2D eigenvalue weighted by Gasteiger charge is -2.14. The summed E-state index contributed by atoms with van der Waals surface area (Å²) in [6.07, 6.45) is 8.95. The lowest BCUT2D eigenvalue weighted by molar-refractivity contribution is 0.324. The molecule has 0 amide bonds. The lowest BCUT2D eigenvalue weighted by Crippen LogP contribution is -2.04. The van der Waals surface area contributed by atoms with Gasteiger partial charge in [-0.2, -0.15) is 0 Å². The summed E-state index contributed by atoms with van der Waals surface area (Å²) in [6, 6.07) is 7.71. The van der Waals surface area contributed by atoms with E-state index in [1.165, 1.54) is 0 Å². The molecule has 0 radical (unpaired) electrons. The van der Waals surface area contributed by atoms with Crippen molar-refractivity contribution in [1.29, 1.82) is 0 Å². The van der Waals surface area contributed by atoms with Gasteiger partial charge in [0.15, 0.2) is 23.0 Å². The van der Waals surface area contributed by atoms with E-state index in [0.29, 0.717) is 29.6 Å². The van der Waals surface area contributed by atoms with Crippen LogP contribution in [0.2, 0.25) is 0 Å². The van der Waals surface area contributed by atoms with Crippen LogP contribution >= 0.6 is 0 Å². The van der Waals surface area contributed by atoms with Crippen LogP contribution in [0.5, 0.6) is 17.2 Å². The average Bonchev–Trinajstić information content (AvgIpc) is 3.22. The molecule has 29 heavy (non-hydrogen) atoms. The molecule has 0 aliphatic carbocycles. The minimum atomic E-state index is 0.550. The van der Waals surface area contributed by atoms with E-state index in [9.17, 15) is 0 Å². The summed E-state index contributed by atoms with van der Waals surface area (Å²) in [4.78, 5) is 13.1. The van der Waals surface area contributed by atoms with Gasteiger partial charge in [-0.15, -0.1) is 0 Å². The predicted octanol–water partition coefficient (Wildman–Crippen LogP) is 3.43. The summed E-state index contributed by atoms with van der Waals surface area (Å²) in [5, 5.41) is 3.34. The highest BCUT2D eigenvalue weighted by atomic mass is 16.5. The topological polar surface area (TPSA) is 82.8 Å². The molecule has 0 atom stereocenters. The summed E-state index contributed by atoms with van der Waals surface area (Å²) in [5.41, 5.74) is 3.61. The zero-order chi connectivity index (χ0) is 20.2. The van der Waals surface area contributed by atoms with Gasteiger partial charge >= 0.3 is 0 Å². The van der Waals surface area contributed by atoms with Crippen LogP contribution in [-0.4, -0.2) is 40.7 Å². The van der Waals surface area contributed by atoms with Crippen LogP contribution in [0.15, 0.2) is 55.2 Å². The third-order valence-electron chi connectivity index (χ3n) is 4.60. The molecule has 3 aromatic heterocycles. The van der Waals surface area contributed by atoms with Gasteiger partial charge in [0.05, 0.1) is 33.2 Å². The molecule has 3 heterocycles. The van der Waals surface area contributed by atoms with E-state index >= 15 is 0 Å². The summed E-state index contributed by atoms with van der Waals surface area (Å²) in [7, 11) is 4.78. The maximum atomic E-state index is 5.48. The number of nitrogens with one attached hydrogen (secondary N) is 1. The highest BCUT2D eigenvalue weighted by Crippen LogP contribution is 2.41. The largest absolute Gasteiger partial charge is 0.493 e. The van der Waals surface area contributed by atoms with Crippen LogP contribution in [0.3, 0.4) is 0 Å². The number of anilines is 1. The van der Waals surface area contributed by atoms with Gasteiger partial charge in [-0.3, -0.25) is 9.38 Å². The number of methoxy groups -OCH3 is 3. The summed E-state index contributed by atoms with van der Waals surface area (Å²) >= 11 is 0. The number of imidazole rings is 1. The molecule has 0 fully saturated rings. The molecule has 0 unspecified atom stereocenters. The Balaban J connectivity index is 1.73. The molecule has 0 spiro atoms. The van der Waals surface area contributed by atoms with Crippen LogP contribution in [0.25, 0.3) is 16.9 Å². The quantitative estimate of drug-likeness (QED) is 0.517. The maximum Gasteiger partial charge on any atom is 0.203 e. The van der Waals surface area contributed by atoms with Crippen molar-refractivity contribution in [1.82, 2.24) is 19.4 Å². The lowest BCUT2D eigenvalue weighted by atomic mass is 10.1. The number of hydrogen-bond donors (Lipinski definition) is 1. The highest BCUT2D eigenvalue weighted by Gasteiger charge is 2.17. The standard InChI is InChI=1S/C21H21N5O3/c1-27-17-10-15(11-18(28-2)19(17)29-3)16-13-25-21-20(23-8-9-26(16)21)24-12-14-4-6-22-7-5-14/h4-11,13H,12H2,1-3H3,(H,23,24). The fourth-order valence-electron chi connectivity index (χ4n) is 3.17. The third kappa shape index (κ3) is 3.52. The van der Waals surface area contributed by atoms with E-state index in [4.69, 9.17) is 14.2 Å². The molecule has 4 rings (SSSR count). The molecule has 0 bridgehead atoms. The Bertz CT molecular complexity index is 1100. The van der Waals surface area contributed by atoms with Crippen LogP contribution in [-0.2, 0) is 6.54 Å². The van der Waals surface area contributed by atoms with Crippen molar-refractivity contribution in [3.63, 3.8) is 0 Å². The van der Waals surface area contributed by atoms with Crippen molar-refractivity contribution in [2.45, 2.75) is 6.54 Å². The van der Waals surface area contributed by atoms with Crippen molar-refractivity contribution in [2.24, 2.45) is 0 Å². The second kappa shape index (κ2) is 8.05. The third-order valence-corrected chi connectivity index (χ3v) is 4.60. The van der Waals surface area contributed by atoms with Gasteiger partial charge < -0.3 is 19.5 Å². The molecule has 1 N–H and O–H groups in total. The van der Waals surface area contributed by atoms with Crippen molar-refractivity contribution in [2.75, 3.05) is 26.6 Å². The van der Waals surface area contributed by atoms with Crippen molar-refractivity contribution in [3.05, 3.63) is 60.8 Å². The number of aromatic nitrogens is 4. The summed E-state index contributed by atoms with van der Waals surface area (Å²) in [5.74, 6) is 2.42. The van der Waals surface area contributed by atoms with E-state index in [2.05, 4.69) is 20.3 Å². The number of rotatable bonds is 7. The number of fused-ring (bicyclic) bond motifs is 1. The van der Waals surface area contributed by atoms with Gasteiger partial charge in [0.1, 0.15) is 0 Å². The SMILES string of the molecule is COc1cc(-c2cnc3c(NCc4ccncc4)nccn23)cc(OC)c1OC. The molecule has 8 nitrogen and oxygen atoms in total. The van der Waals surface area contributed by atoms with Gasteiger partial charge in [0.2, 0.25) is 5.75 Å². The monoisotopic (exact) mass is 391 g/mol. The Morgan fingerprint density at radius 2 is 1.66 bits per heavy atom. The van der Waals surface area contributed by atoms with Gasteiger partial charge in [0.25, 0.3) is 0 Å². The van der Waals surface area contributed by atoms with Gasteiger partial charge in [0, 0.05) is 36.9 Å². The second-order valence-corrected chi connectivity index (χ2v) is 6.24. The Labute approximate surface area is 168 Å². The summed E-state index contributed by atoms with van der Waals surface area (Å²) in [6.45, 7) is 0.627. The predicted molar refractivity (Wildman–Crippen MR) is 110 cm³/mol. The van der Waals surface area contributed by atoms with Crippen LogP contribution in [0.4, 0.5) is 5.82 Å². The molecule has 0 aliphatic rings. The first-order chi connectivity index (χ1) is 14.2. The molecule has 4 aromatic rings. The average molecular weight is 391 g/mol. The minimum Gasteiger partial charge on any atom is -0.493 e. The Morgan fingerprint density at radius 1 is 0.931 bits per heavy atom. The molecule has 1 aromatic carbocycles. The first-order valence-corrected chi connectivity index (χ1v) is 9.00. The van der Waals surface area contributed by atoms with Crippen molar-refractivity contribution in [3.8, 4) is 28.5 Å². The van der Waals surface area contributed by atoms with E-state index < -0.39 is 0 Å². The number of nitrogens with zero attached hydrogens (tertiary/aromatic N) is 4. The van der Waals surface area contributed by atoms with Gasteiger partial charge in [-0.1, -0.05) is 0 Å². The Hall–Kier alpha value is -3.81. The first-order valence-electron chi connectivity index (χ1n) is 9.00. The van der Waals surface area contributed by atoms with E-state index in [1.54, 1.807) is 46.1 Å². The number of pyridine rings is 1. The van der Waals surface area contributed by atoms with Crippen LogP contribution < -0.4 is 19.5 Å². The highest BCUT2D eigenvalue weighted by molar-refractivity contribution is 5.74. The zero-order valence-corrected chi connectivity index (χ0v) is 16.4. The number of ether oxygens (including phenoxy) is 3. The van der Waals surface area contributed by atoms with Gasteiger partial charge in [-0.25, -0.2) is 9.97 Å². The number of benzene rings is 1. The molecular formula is C21H21N5O3. The fraction of sp³-hybridized carbons (Fsp3) is 0.190. The normalized spacial score (nSPS) is 10.7. The second-order valence-electron chi connectivity index (χ2n) is 6.24. The maximum absolute atomic E-state index is 5.48. The van der Waals surface area contributed by atoms with Crippen LogP contribution in [0.1, 0.15) is 5.56 Å². The summed E-state index contributed by atoms with van der Waals surface area (Å²) < 4.78 is 18.3. The molecule has 0 aliphatic heterocycles. The van der Waals surface area contributed by atoms with Gasteiger partial charge in [-0.05, 0) is 29.8 Å². The zero-order valence-electron chi connectivity index (χ0n) is 16.4. The van der Waals surface area contributed by atoms with E-state index in [0.717, 1.165) is 22.5 Å². The van der Waals surface area contributed by atoms with E-state index in [-0.39, 0.29) is 0 Å². The molecule has 8 heteroatoms. The smallest absolute Gasteiger partial charge is 0.203 e. The Morgan fingerprint density at radius 3 is 2.31 bits per heavy atom. The minimum absolute atomic E-state index is 0.550. The fourth-order valence-corrected chi connectivity index (χ4v) is 3.17. The first kappa shape index (κ1) is 18.5. The number of hydrogen-bond acceptors (Lipinski definition) is 7. The van der Waals surface area contributed by atoms with Crippen molar-refractivity contribution < 1.29 is 14.2 Å². The molecule has 0 saturated carbocycles. The molecule has 148 valence electrons. The van der Waals surface area contributed by atoms with Crippen molar-refractivity contribution >= 4 is 11.5 Å². The van der Waals surface area contributed by atoms with Crippen LogP contribution in [0, 0.1) is 0 Å². The Kier molecular flexibility index (Phi) is 5.15. The molecule has 0 saturated heterocycles.